The van der Waals surface area contributed by atoms with Crippen molar-refractivity contribution < 1.29 is 28.6 Å². The van der Waals surface area contributed by atoms with Crippen LogP contribution >= 0.6 is 0 Å². The summed E-state index contributed by atoms with van der Waals surface area (Å²) >= 11 is 0. The molecule has 0 aliphatic rings. The molecule has 0 saturated carbocycles. The van der Waals surface area contributed by atoms with E-state index in [1.54, 1.807) is 0 Å². The predicted molar refractivity (Wildman–Crippen MR) is 348 cm³/mol. The van der Waals surface area contributed by atoms with Crippen molar-refractivity contribution in [3.05, 3.63) is 97.2 Å². The van der Waals surface area contributed by atoms with E-state index in [0.717, 1.165) is 109 Å². The zero-order valence-electron chi connectivity index (χ0n) is 52.8. The van der Waals surface area contributed by atoms with Crippen LogP contribution < -0.4 is 0 Å². The third-order valence-electron chi connectivity index (χ3n) is 14.8. The number of carbonyl (C=O) groups excluding carboxylic acids is 3. The lowest BCUT2D eigenvalue weighted by Crippen LogP contribution is -2.30. The Bertz CT molecular complexity index is 1560. The van der Waals surface area contributed by atoms with Crippen LogP contribution in [0.1, 0.15) is 335 Å². The smallest absolute Gasteiger partial charge is 0.306 e. The lowest BCUT2D eigenvalue weighted by Gasteiger charge is -2.18. The van der Waals surface area contributed by atoms with E-state index in [4.69, 9.17) is 14.2 Å². The minimum Gasteiger partial charge on any atom is -0.462 e. The predicted octanol–water partition coefficient (Wildman–Crippen LogP) is 23.6. The van der Waals surface area contributed by atoms with Crippen molar-refractivity contribution in [3.63, 3.8) is 0 Å². The van der Waals surface area contributed by atoms with Crippen LogP contribution in [0.2, 0.25) is 0 Å². The van der Waals surface area contributed by atoms with Gasteiger partial charge in [0.15, 0.2) is 6.10 Å². The molecule has 0 bridgehead atoms. The Kier molecular flexibility index (Phi) is 64.7. The van der Waals surface area contributed by atoms with Gasteiger partial charge in [0, 0.05) is 19.3 Å². The van der Waals surface area contributed by atoms with Gasteiger partial charge in [-0.3, -0.25) is 14.4 Å². The zero-order valence-corrected chi connectivity index (χ0v) is 52.8. The summed E-state index contributed by atoms with van der Waals surface area (Å²) in [7, 11) is 0. The van der Waals surface area contributed by atoms with E-state index in [9.17, 15) is 14.4 Å². The normalized spacial score (nSPS) is 12.7. The van der Waals surface area contributed by atoms with Gasteiger partial charge in [0.1, 0.15) is 13.2 Å². The van der Waals surface area contributed by atoms with Gasteiger partial charge < -0.3 is 14.2 Å². The summed E-state index contributed by atoms with van der Waals surface area (Å²) < 4.78 is 16.9. The summed E-state index contributed by atoms with van der Waals surface area (Å²) in [5.41, 5.74) is 0. The highest BCUT2D eigenvalue weighted by atomic mass is 16.6. The summed E-state index contributed by atoms with van der Waals surface area (Å²) in [6.45, 7) is 6.51. The average molecular weight is 1110 g/mol. The lowest BCUT2D eigenvalue weighted by molar-refractivity contribution is -0.167. The van der Waals surface area contributed by atoms with Gasteiger partial charge >= 0.3 is 17.9 Å². The van der Waals surface area contributed by atoms with Gasteiger partial charge in [-0.15, -0.1) is 0 Å². The lowest BCUT2D eigenvalue weighted by atomic mass is 10.0. The fraction of sp³-hybridized carbons (Fsp3) is 0.743. The van der Waals surface area contributed by atoms with Crippen molar-refractivity contribution in [3.8, 4) is 0 Å². The Hall–Kier alpha value is -3.67. The molecular formula is C74H128O6. The van der Waals surface area contributed by atoms with Crippen LogP contribution in [0.15, 0.2) is 97.2 Å². The maximum atomic E-state index is 12.9. The zero-order chi connectivity index (χ0) is 57.8. The first-order valence-electron chi connectivity index (χ1n) is 34.2. The quantitative estimate of drug-likeness (QED) is 0.0261. The van der Waals surface area contributed by atoms with Crippen LogP contribution in [0.25, 0.3) is 0 Å². The van der Waals surface area contributed by atoms with E-state index in [1.165, 1.54) is 186 Å². The Morgan fingerprint density at radius 3 is 0.800 bits per heavy atom. The van der Waals surface area contributed by atoms with E-state index < -0.39 is 6.10 Å². The van der Waals surface area contributed by atoms with Crippen LogP contribution in [0, 0.1) is 0 Å². The van der Waals surface area contributed by atoms with Gasteiger partial charge in [-0.1, -0.05) is 291 Å². The number of esters is 3. The van der Waals surface area contributed by atoms with Crippen molar-refractivity contribution in [2.45, 2.75) is 341 Å². The Labute approximate surface area is 496 Å². The van der Waals surface area contributed by atoms with Crippen LogP contribution in [0.4, 0.5) is 0 Å². The fourth-order valence-corrected chi connectivity index (χ4v) is 9.67. The number of ether oxygens (including phenoxy) is 3. The second-order valence-corrected chi connectivity index (χ2v) is 22.7. The van der Waals surface area contributed by atoms with Gasteiger partial charge in [0.25, 0.3) is 0 Å². The monoisotopic (exact) mass is 1110 g/mol. The highest BCUT2D eigenvalue weighted by molar-refractivity contribution is 5.71. The second kappa shape index (κ2) is 67.8. The van der Waals surface area contributed by atoms with E-state index in [2.05, 4.69) is 118 Å². The SMILES string of the molecule is CC/C=C\C/C=C\C/C=C\C/C=C\C/C=C\CCCCCCCCCC(=O)OC(COC(=O)CCCCCCC/C=C\CCCCC)COC(=O)CCCCCCCCCCCCCCCCC/C=C\C/C=C\CCCCCCC. The van der Waals surface area contributed by atoms with Gasteiger partial charge in [0.2, 0.25) is 0 Å². The minimum atomic E-state index is -0.789. The molecule has 0 aromatic carbocycles. The standard InChI is InChI=1S/C74H128O6/c1-4-7-10-13-16-19-22-25-27-29-31-33-35-36-37-38-40-41-43-45-47-49-52-55-58-61-64-67-73(76)79-70-71(69-78-72(75)66-63-60-57-54-51-24-21-18-15-12-9-6-3)80-74(77)68-65-62-59-56-53-50-48-46-44-42-39-34-32-30-28-26-23-20-17-14-11-8-5-2/h8,11,17-18,20-22,25-26,28-29,31-32,34,42,44,71H,4-7,9-10,12-16,19,23-24,27,30,33,35-41,43,45-70H2,1-3H3/b11-8-,20-17-,21-18-,25-22-,28-26-,31-29-,34-32-,44-42-. The number of hydrogen-bond acceptors (Lipinski definition) is 6. The molecule has 0 aromatic rings. The summed E-state index contributed by atoms with van der Waals surface area (Å²) in [5, 5.41) is 0. The maximum absolute atomic E-state index is 12.9. The number of rotatable bonds is 62. The van der Waals surface area contributed by atoms with Crippen LogP contribution in [-0.2, 0) is 28.6 Å². The minimum absolute atomic E-state index is 0.0832. The first kappa shape index (κ1) is 76.3. The van der Waals surface area contributed by atoms with E-state index in [-0.39, 0.29) is 31.1 Å². The van der Waals surface area contributed by atoms with Crippen LogP contribution in [0.5, 0.6) is 0 Å². The van der Waals surface area contributed by atoms with Crippen molar-refractivity contribution in [2.75, 3.05) is 13.2 Å². The van der Waals surface area contributed by atoms with Crippen molar-refractivity contribution in [1.82, 2.24) is 0 Å². The first-order chi connectivity index (χ1) is 39.5. The summed E-state index contributed by atoms with van der Waals surface area (Å²) in [6, 6.07) is 0. The topological polar surface area (TPSA) is 78.9 Å². The molecule has 0 saturated heterocycles. The molecule has 80 heavy (non-hydrogen) atoms. The third kappa shape index (κ3) is 65.1. The fourth-order valence-electron chi connectivity index (χ4n) is 9.67. The molecule has 0 N–H and O–H groups in total. The highest BCUT2D eigenvalue weighted by Crippen LogP contribution is 2.17. The molecule has 0 rings (SSSR count). The Morgan fingerprint density at radius 1 is 0.263 bits per heavy atom. The van der Waals surface area contributed by atoms with Crippen LogP contribution in [0.3, 0.4) is 0 Å². The van der Waals surface area contributed by atoms with Gasteiger partial charge in [-0.25, -0.2) is 0 Å². The van der Waals surface area contributed by atoms with Crippen molar-refractivity contribution >= 4 is 17.9 Å². The number of unbranched alkanes of at least 4 members (excludes halogenated alkanes) is 35. The Morgan fingerprint density at radius 2 is 0.487 bits per heavy atom. The molecule has 0 radical (unpaired) electrons. The Balaban J connectivity index is 4.28. The molecule has 1 atom stereocenters. The molecule has 0 aliphatic carbocycles. The van der Waals surface area contributed by atoms with Crippen molar-refractivity contribution in [2.24, 2.45) is 0 Å². The van der Waals surface area contributed by atoms with Crippen LogP contribution in [-0.4, -0.2) is 37.2 Å². The van der Waals surface area contributed by atoms with Crippen molar-refractivity contribution in [1.29, 1.82) is 0 Å². The van der Waals surface area contributed by atoms with E-state index in [0.29, 0.717) is 19.3 Å². The molecule has 460 valence electrons. The molecule has 1 unspecified atom stereocenters. The van der Waals surface area contributed by atoms with Gasteiger partial charge in [0.05, 0.1) is 0 Å². The molecule has 0 spiro atoms. The second-order valence-electron chi connectivity index (χ2n) is 22.7. The van der Waals surface area contributed by atoms with E-state index in [1.807, 2.05) is 0 Å². The molecule has 0 aliphatic heterocycles. The average Bonchev–Trinajstić information content (AvgIpc) is 3.46. The van der Waals surface area contributed by atoms with Gasteiger partial charge in [-0.05, 0) is 122 Å². The van der Waals surface area contributed by atoms with Gasteiger partial charge in [-0.2, -0.15) is 0 Å². The molecule has 0 fully saturated rings. The number of hydrogen-bond donors (Lipinski definition) is 0. The molecule has 0 heterocycles. The summed E-state index contributed by atoms with van der Waals surface area (Å²) in [5.74, 6) is -0.892. The number of allylic oxidation sites excluding steroid dienone is 16. The highest BCUT2D eigenvalue weighted by Gasteiger charge is 2.19. The molecule has 6 heteroatoms. The molecular weight excluding hydrogens is 985 g/mol. The molecule has 0 amide bonds. The molecule has 0 aromatic heterocycles. The third-order valence-corrected chi connectivity index (χ3v) is 14.8. The largest absolute Gasteiger partial charge is 0.462 e. The van der Waals surface area contributed by atoms with E-state index >= 15 is 0 Å². The number of carbonyl (C=O) groups is 3. The molecule has 6 nitrogen and oxygen atoms in total. The summed E-state index contributed by atoms with van der Waals surface area (Å²) in [4.78, 5) is 38.4. The maximum Gasteiger partial charge on any atom is 0.306 e. The summed E-state index contributed by atoms with van der Waals surface area (Å²) in [6.07, 6.45) is 91.4. The first-order valence-corrected chi connectivity index (χ1v) is 34.2.